The second-order valence-corrected chi connectivity index (χ2v) is 4.60. The zero-order valence-corrected chi connectivity index (χ0v) is 11.2. The Morgan fingerprint density at radius 3 is 2.95 bits per heavy atom. The number of methoxy groups -OCH3 is 1. The van der Waals surface area contributed by atoms with Crippen LogP contribution in [0.15, 0.2) is 30.5 Å². The van der Waals surface area contributed by atoms with Crippen LogP contribution in [-0.2, 0) is 4.74 Å². The molecule has 19 heavy (non-hydrogen) atoms. The van der Waals surface area contributed by atoms with E-state index in [1.54, 1.807) is 13.3 Å². The predicted molar refractivity (Wildman–Crippen MR) is 77.3 cm³/mol. The van der Waals surface area contributed by atoms with E-state index in [-0.39, 0.29) is 0 Å². The van der Waals surface area contributed by atoms with Gasteiger partial charge in [0.1, 0.15) is 0 Å². The van der Waals surface area contributed by atoms with E-state index < -0.39 is 6.10 Å². The summed E-state index contributed by atoms with van der Waals surface area (Å²) in [5.41, 5.74) is 8.32. The average molecular weight is 261 g/mol. The van der Waals surface area contributed by atoms with E-state index in [1.807, 2.05) is 36.2 Å². The molecule has 0 fully saturated rings. The molecule has 1 atom stereocenters. The first-order chi connectivity index (χ1) is 9.11. The molecule has 5 nitrogen and oxygen atoms in total. The summed E-state index contributed by atoms with van der Waals surface area (Å²) in [6.45, 7) is 0.817. The first-order valence-corrected chi connectivity index (χ1v) is 6.14. The monoisotopic (exact) mass is 261 g/mol. The van der Waals surface area contributed by atoms with Crippen LogP contribution in [0, 0.1) is 0 Å². The summed E-state index contributed by atoms with van der Waals surface area (Å²) in [6.07, 6.45) is 1.23. The molecule has 0 aliphatic heterocycles. The van der Waals surface area contributed by atoms with Crippen LogP contribution >= 0.6 is 0 Å². The van der Waals surface area contributed by atoms with E-state index in [1.165, 1.54) is 0 Å². The van der Waals surface area contributed by atoms with Gasteiger partial charge >= 0.3 is 0 Å². The highest BCUT2D eigenvalue weighted by atomic mass is 16.5. The molecule has 5 heteroatoms. The maximum atomic E-state index is 9.79. The Morgan fingerprint density at radius 2 is 2.21 bits per heavy atom. The summed E-state index contributed by atoms with van der Waals surface area (Å²) in [7, 11) is 3.51. The van der Waals surface area contributed by atoms with E-state index in [0.29, 0.717) is 18.8 Å². The van der Waals surface area contributed by atoms with Crippen molar-refractivity contribution in [3.05, 3.63) is 30.5 Å². The van der Waals surface area contributed by atoms with Crippen LogP contribution in [0.3, 0.4) is 0 Å². The minimum atomic E-state index is -0.521. The Labute approximate surface area is 112 Å². The van der Waals surface area contributed by atoms with Crippen LogP contribution in [-0.4, -0.2) is 43.5 Å². The Morgan fingerprint density at radius 1 is 1.42 bits per heavy atom. The number of benzene rings is 1. The van der Waals surface area contributed by atoms with Gasteiger partial charge in [0.05, 0.1) is 18.2 Å². The third-order valence-electron chi connectivity index (χ3n) is 3.00. The molecule has 1 aromatic carbocycles. The fourth-order valence-electron chi connectivity index (χ4n) is 2.14. The molecule has 0 saturated carbocycles. The molecule has 2 rings (SSSR count). The lowest BCUT2D eigenvalue weighted by molar-refractivity contribution is 0.0695. The first-order valence-electron chi connectivity index (χ1n) is 6.14. The molecule has 3 N–H and O–H groups in total. The summed E-state index contributed by atoms with van der Waals surface area (Å²) in [6, 6.07) is 7.58. The molecule has 0 aliphatic rings. The standard InChI is InChI=1S/C14H19N3O2/c1-17(8-11(18)9-19-2)14-5-6-16-13-7-10(15)3-4-12(13)14/h3-7,11,18H,8-9,15H2,1-2H3. The number of nitrogens with two attached hydrogens (primary N) is 1. The topological polar surface area (TPSA) is 71.6 Å². The zero-order valence-electron chi connectivity index (χ0n) is 11.2. The summed E-state index contributed by atoms with van der Waals surface area (Å²) < 4.78 is 4.94. The largest absolute Gasteiger partial charge is 0.399 e. The summed E-state index contributed by atoms with van der Waals surface area (Å²) in [4.78, 5) is 6.30. The average Bonchev–Trinajstić information content (AvgIpc) is 2.37. The number of likely N-dealkylation sites (N-methyl/N-ethyl adjacent to an activating group) is 1. The van der Waals surface area contributed by atoms with Gasteiger partial charge in [0, 0.05) is 43.7 Å². The molecular weight excluding hydrogens is 242 g/mol. The van der Waals surface area contributed by atoms with Gasteiger partial charge in [-0.05, 0) is 24.3 Å². The minimum Gasteiger partial charge on any atom is -0.399 e. The van der Waals surface area contributed by atoms with Crippen molar-refractivity contribution >= 4 is 22.3 Å². The van der Waals surface area contributed by atoms with Gasteiger partial charge in [0.2, 0.25) is 0 Å². The van der Waals surface area contributed by atoms with Crippen molar-refractivity contribution in [2.24, 2.45) is 0 Å². The molecular formula is C14H19N3O2. The van der Waals surface area contributed by atoms with Crippen LogP contribution in [0.4, 0.5) is 11.4 Å². The van der Waals surface area contributed by atoms with Crippen LogP contribution < -0.4 is 10.6 Å². The van der Waals surface area contributed by atoms with E-state index in [2.05, 4.69) is 4.98 Å². The highest BCUT2D eigenvalue weighted by molar-refractivity contribution is 5.93. The van der Waals surface area contributed by atoms with Gasteiger partial charge in [-0.25, -0.2) is 0 Å². The van der Waals surface area contributed by atoms with Crippen molar-refractivity contribution in [3.8, 4) is 0 Å². The van der Waals surface area contributed by atoms with Crippen molar-refractivity contribution in [3.63, 3.8) is 0 Å². The smallest absolute Gasteiger partial charge is 0.0947 e. The summed E-state index contributed by atoms with van der Waals surface area (Å²) >= 11 is 0. The summed E-state index contributed by atoms with van der Waals surface area (Å²) in [5, 5.41) is 10.8. The molecule has 1 heterocycles. The number of aliphatic hydroxyl groups is 1. The molecule has 0 radical (unpaired) electrons. The van der Waals surface area contributed by atoms with Crippen molar-refractivity contribution in [1.82, 2.24) is 4.98 Å². The number of rotatable bonds is 5. The molecule has 1 aromatic heterocycles. The number of pyridine rings is 1. The Kier molecular flexibility index (Phi) is 4.19. The van der Waals surface area contributed by atoms with Crippen molar-refractivity contribution in [2.75, 3.05) is 37.9 Å². The molecule has 0 bridgehead atoms. The zero-order chi connectivity index (χ0) is 13.8. The number of nitrogens with zero attached hydrogens (tertiary/aromatic N) is 2. The highest BCUT2D eigenvalue weighted by Gasteiger charge is 2.11. The lowest BCUT2D eigenvalue weighted by atomic mass is 10.1. The van der Waals surface area contributed by atoms with E-state index >= 15 is 0 Å². The van der Waals surface area contributed by atoms with Gasteiger partial charge in [0.15, 0.2) is 0 Å². The molecule has 0 aliphatic carbocycles. The third kappa shape index (κ3) is 3.13. The number of anilines is 2. The molecule has 0 amide bonds. The van der Waals surface area contributed by atoms with Gasteiger partial charge < -0.3 is 20.5 Å². The Balaban J connectivity index is 2.29. The van der Waals surface area contributed by atoms with Crippen molar-refractivity contribution < 1.29 is 9.84 Å². The van der Waals surface area contributed by atoms with Gasteiger partial charge in [-0.3, -0.25) is 4.98 Å². The first kappa shape index (κ1) is 13.6. The second-order valence-electron chi connectivity index (χ2n) is 4.60. The van der Waals surface area contributed by atoms with Crippen LogP contribution in [0.2, 0.25) is 0 Å². The van der Waals surface area contributed by atoms with Crippen LogP contribution in [0.1, 0.15) is 0 Å². The second kappa shape index (κ2) is 5.86. The molecule has 102 valence electrons. The molecule has 1 unspecified atom stereocenters. The van der Waals surface area contributed by atoms with Gasteiger partial charge in [0.25, 0.3) is 0 Å². The van der Waals surface area contributed by atoms with Gasteiger partial charge in [-0.15, -0.1) is 0 Å². The highest BCUT2D eigenvalue weighted by Crippen LogP contribution is 2.25. The molecule has 2 aromatic rings. The third-order valence-corrected chi connectivity index (χ3v) is 3.00. The Hall–Kier alpha value is -1.85. The fraction of sp³-hybridized carbons (Fsp3) is 0.357. The van der Waals surface area contributed by atoms with Crippen LogP contribution in [0.25, 0.3) is 10.9 Å². The number of hydrogen-bond acceptors (Lipinski definition) is 5. The van der Waals surface area contributed by atoms with Crippen molar-refractivity contribution in [1.29, 1.82) is 0 Å². The maximum absolute atomic E-state index is 9.79. The molecule has 0 saturated heterocycles. The predicted octanol–water partition coefficient (Wildman–Crippen LogP) is 1.26. The fourth-order valence-corrected chi connectivity index (χ4v) is 2.14. The van der Waals surface area contributed by atoms with Gasteiger partial charge in [-0.2, -0.15) is 0 Å². The van der Waals surface area contributed by atoms with E-state index in [9.17, 15) is 5.11 Å². The lowest BCUT2D eigenvalue weighted by Gasteiger charge is -2.23. The number of ether oxygens (including phenoxy) is 1. The normalized spacial score (nSPS) is 12.6. The quantitative estimate of drug-likeness (QED) is 0.793. The number of fused-ring (bicyclic) bond motifs is 1. The number of hydrogen-bond donors (Lipinski definition) is 2. The van der Waals surface area contributed by atoms with Crippen molar-refractivity contribution in [2.45, 2.75) is 6.10 Å². The summed E-state index contributed by atoms with van der Waals surface area (Å²) in [5.74, 6) is 0. The molecule has 0 spiro atoms. The maximum Gasteiger partial charge on any atom is 0.0947 e. The number of nitrogen functional groups attached to an aromatic ring is 1. The SMILES string of the molecule is COCC(O)CN(C)c1ccnc2cc(N)ccc12. The van der Waals surface area contributed by atoms with Crippen LogP contribution in [0.5, 0.6) is 0 Å². The van der Waals surface area contributed by atoms with E-state index in [0.717, 1.165) is 16.6 Å². The van der Waals surface area contributed by atoms with Gasteiger partial charge in [-0.1, -0.05) is 0 Å². The lowest BCUT2D eigenvalue weighted by Crippen LogP contribution is -2.32. The minimum absolute atomic E-state index is 0.320. The Bertz CT molecular complexity index is 559. The number of aliphatic hydroxyl groups excluding tert-OH is 1. The van der Waals surface area contributed by atoms with E-state index in [4.69, 9.17) is 10.5 Å². The number of aromatic nitrogens is 1.